The molecule has 0 spiro atoms. The van der Waals surface area contributed by atoms with Gasteiger partial charge in [-0.3, -0.25) is 0 Å². The Labute approximate surface area is 72.3 Å². The van der Waals surface area contributed by atoms with E-state index in [1.807, 2.05) is 11.3 Å². The maximum atomic E-state index is 2.37. The van der Waals surface area contributed by atoms with E-state index in [2.05, 4.69) is 19.9 Å². The van der Waals surface area contributed by atoms with E-state index in [-0.39, 0.29) is 0 Å². The molecule has 1 aliphatic carbocycles. The standard InChI is InChI=1S/C10H14S/c1-7-3-4-9-6-8(2)11-10(9)5-7/h6-7H,3-5H2,1-2H3. The first-order chi connectivity index (χ1) is 5.25. The Hall–Kier alpha value is -0.300. The van der Waals surface area contributed by atoms with Gasteiger partial charge in [-0.05, 0) is 43.7 Å². The zero-order valence-corrected chi connectivity index (χ0v) is 8.00. The van der Waals surface area contributed by atoms with Crippen LogP contribution < -0.4 is 0 Å². The van der Waals surface area contributed by atoms with Gasteiger partial charge in [0.25, 0.3) is 0 Å². The fourth-order valence-electron chi connectivity index (χ4n) is 1.82. The van der Waals surface area contributed by atoms with E-state index in [4.69, 9.17) is 0 Å². The first-order valence-corrected chi connectivity index (χ1v) is 5.15. The van der Waals surface area contributed by atoms with Gasteiger partial charge < -0.3 is 0 Å². The molecule has 0 saturated heterocycles. The molecule has 1 aromatic heterocycles. The summed E-state index contributed by atoms with van der Waals surface area (Å²) in [4.78, 5) is 3.14. The molecule has 2 rings (SSSR count). The summed E-state index contributed by atoms with van der Waals surface area (Å²) in [5, 5.41) is 0. The van der Waals surface area contributed by atoms with Gasteiger partial charge in [0.2, 0.25) is 0 Å². The molecule has 0 saturated carbocycles. The maximum absolute atomic E-state index is 2.37. The predicted octanol–water partition coefficient (Wildman–Crippen LogP) is 3.18. The molecule has 1 aromatic rings. The highest BCUT2D eigenvalue weighted by atomic mass is 32.1. The number of hydrogen-bond donors (Lipinski definition) is 0. The van der Waals surface area contributed by atoms with Crippen LogP contribution in [0.3, 0.4) is 0 Å². The van der Waals surface area contributed by atoms with E-state index in [1.54, 1.807) is 10.4 Å². The predicted molar refractivity (Wildman–Crippen MR) is 50.2 cm³/mol. The third-order valence-corrected chi connectivity index (χ3v) is 3.58. The van der Waals surface area contributed by atoms with E-state index >= 15 is 0 Å². The lowest BCUT2D eigenvalue weighted by molar-refractivity contribution is 0.508. The molecule has 0 fully saturated rings. The summed E-state index contributed by atoms with van der Waals surface area (Å²) in [7, 11) is 0. The molecule has 0 nitrogen and oxygen atoms in total. The van der Waals surface area contributed by atoms with Crippen molar-refractivity contribution in [1.29, 1.82) is 0 Å². The molecule has 60 valence electrons. The molecule has 1 aliphatic rings. The highest BCUT2D eigenvalue weighted by molar-refractivity contribution is 7.12. The monoisotopic (exact) mass is 166 g/mol. The summed E-state index contributed by atoms with van der Waals surface area (Å²) >= 11 is 1.99. The van der Waals surface area contributed by atoms with Crippen LogP contribution >= 0.6 is 11.3 Å². The molecule has 1 atom stereocenters. The number of hydrogen-bond acceptors (Lipinski definition) is 1. The Kier molecular flexibility index (Phi) is 1.76. The van der Waals surface area contributed by atoms with Crippen molar-refractivity contribution in [1.82, 2.24) is 0 Å². The number of rotatable bonds is 0. The van der Waals surface area contributed by atoms with Crippen molar-refractivity contribution in [2.45, 2.75) is 33.1 Å². The van der Waals surface area contributed by atoms with Gasteiger partial charge in [-0.2, -0.15) is 0 Å². The summed E-state index contributed by atoms with van der Waals surface area (Å²) in [6, 6.07) is 2.37. The van der Waals surface area contributed by atoms with Crippen molar-refractivity contribution in [3.8, 4) is 0 Å². The third-order valence-electron chi connectivity index (χ3n) is 2.46. The van der Waals surface area contributed by atoms with Gasteiger partial charge in [-0.1, -0.05) is 6.92 Å². The van der Waals surface area contributed by atoms with Crippen LogP contribution in [0.4, 0.5) is 0 Å². The maximum Gasteiger partial charge on any atom is 0.00827 e. The van der Waals surface area contributed by atoms with Crippen LogP contribution in [0.25, 0.3) is 0 Å². The lowest BCUT2D eigenvalue weighted by atomic mass is 9.90. The summed E-state index contributed by atoms with van der Waals surface area (Å²) in [5.41, 5.74) is 1.63. The SMILES string of the molecule is Cc1cc2c(s1)CC(C)CC2. The number of fused-ring (bicyclic) bond motifs is 1. The van der Waals surface area contributed by atoms with Crippen LogP contribution in [-0.2, 0) is 12.8 Å². The molecule has 1 unspecified atom stereocenters. The second-order valence-corrected chi connectivity index (χ2v) is 4.99. The van der Waals surface area contributed by atoms with Crippen molar-refractivity contribution >= 4 is 11.3 Å². The lowest BCUT2D eigenvalue weighted by Gasteiger charge is -2.16. The Bertz CT molecular complexity index is 260. The molecule has 0 N–H and O–H groups in total. The van der Waals surface area contributed by atoms with Crippen LogP contribution in [0.2, 0.25) is 0 Å². The topological polar surface area (TPSA) is 0 Å². The van der Waals surface area contributed by atoms with Gasteiger partial charge >= 0.3 is 0 Å². The lowest BCUT2D eigenvalue weighted by Crippen LogP contribution is -2.07. The van der Waals surface area contributed by atoms with Crippen LogP contribution in [0.15, 0.2) is 6.07 Å². The average Bonchev–Trinajstić information content (AvgIpc) is 2.27. The van der Waals surface area contributed by atoms with Crippen LogP contribution in [0.5, 0.6) is 0 Å². The molecule has 0 amide bonds. The van der Waals surface area contributed by atoms with Gasteiger partial charge in [0.1, 0.15) is 0 Å². The number of aryl methyl sites for hydroxylation is 2. The normalized spacial score (nSPS) is 23.3. The van der Waals surface area contributed by atoms with E-state index in [9.17, 15) is 0 Å². The first kappa shape index (κ1) is 7.35. The minimum atomic E-state index is 0.917. The smallest absolute Gasteiger partial charge is 0.00827 e. The van der Waals surface area contributed by atoms with E-state index in [0.29, 0.717) is 0 Å². The van der Waals surface area contributed by atoms with Gasteiger partial charge in [-0.25, -0.2) is 0 Å². The van der Waals surface area contributed by atoms with Crippen LogP contribution in [0, 0.1) is 12.8 Å². The quantitative estimate of drug-likeness (QED) is 0.555. The summed E-state index contributed by atoms with van der Waals surface area (Å²) < 4.78 is 0. The average molecular weight is 166 g/mol. The minimum absolute atomic E-state index is 0.917. The Morgan fingerprint density at radius 1 is 1.55 bits per heavy atom. The van der Waals surface area contributed by atoms with Crippen molar-refractivity contribution < 1.29 is 0 Å². The molecular formula is C10H14S. The number of thiophene rings is 1. The fraction of sp³-hybridized carbons (Fsp3) is 0.600. The van der Waals surface area contributed by atoms with Crippen molar-refractivity contribution in [2.24, 2.45) is 5.92 Å². The van der Waals surface area contributed by atoms with Gasteiger partial charge in [0.15, 0.2) is 0 Å². The molecular weight excluding hydrogens is 152 g/mol. The summed E-state index contributed by atoms with van der Waals surface area (Å²) in [5.74, 6) is 0.917. The van der Waals surface area contributed by atoms with Gasteiger partial charge in [0, 0.05) is 9.75 Å². The summed E-state index contributed by atoms with van der Waals surface area (Å²) in [6.07, 6.45) is 4.04. The Balaban J connectivity index is 2.34. The minimum Gasteiger partial charge on any atom is -0.145 e. The zero-order chi connectivity index (χ0) is 7.84. The first-order valence-electron chi connectivity index (χ1n) is 4.34. The van der Waals surface area contributed by atoms with Gasteiger partial charge in [-0.15, -0.1) is 11.3 Å². The zero-order valence-electron chi connectivity index (χ0n) is 7.18. The van der Waals surface area contributed by atoms with E-state index < -0.39 is 0 Å². The molecule has 0 radical (unpaired) electrons. The van der Waals surface area contributed by atoms with Crippen molar-refractivity contribution in [3.63, 3.8) is 0 Å². The molecule has 1 heterocycles. The second kappa shape index (κ2) is 2.63. The molecule has 11 heavy (non-hydrogen) atoms. The van der Waals surface area contributed by atoms with Crippen LogP contribution in [0.1, 0.15) is 28.7 Å². The second-order valence-electron chi connectivity index (χ2n) is 3.65. The largest absolute Gasteiger partial charge is 0.145 e. The molecule has 0 bridgehead atoms. The third kappa shape index (κ3) is 1.34. The molecule has 0 aromatic carbocycles. The Morgan fingerprint density at radius 2 is 2.36 bits per heavy atom. The highest BCUT2D eigenvalue weighted by Crippen LogP contribution is 2.31. The fourth-order valence-corrected chi connectivity index (χ4v) is 3.07. The molecule has 0 aliphatic heterocycles. The summed E-state index contributed by atoms with van der Waals surface area (Å²) in [6.45, 7) is 4.58. The van der Waals surface area contributed by atoms with E-state index in [0.717, 1.165) is 5.92 Å². The Morgan fingerprint density at radius 3 is 3.18 bits per heavy atom. The molecule has 1 heteroatoms. The van der Waals surface area contributed by atoms with Gasteiger partial charge in [0.05, 0.1) is 0 Å². The van der Waals surface area contributed by atoms with E-state index in [1.165, 1.54) is 24.1 Å². The highest BCUT2D eigenvalue weighted by Gasteiger charge is 2.16. The van der Waals surface area contributed by atoms with Crippen molar-refractivity contribution in [3.05, 3.63) is 21.4 Å². The van der Waals surface area contributed by atoms with Crippen LogP contribution in [-0.4, -0.2) is 0 Å². The van der Waals surface area contributed by atoms with Crippen molar-refractivity contribution in [2.75, 3.05) is 0 Å².